The molecule has 0 radical (unpaired) electrons. The van der Waals surface area contributed by atoms with Crippen molar-refractivity contribution in [3.63, 3.8) is 0 Å². The van der Waals surface area contributed by atoms with Gasteiger partial charge in [0.1, 0.15) is 33.7 Å². The average Bonchev–Trinajstić information content (AvgIpc) is 2.63. The number of halogens is 4. The Morgan fingerprint density at radius 3 is 1.35 bits per heavy atom. The van der Waals surface area contributed by atoms with Crippen LogP contribution in [-0.2, 0) is 0 Å². The van der Waals surface area contributed by atoms with Crippen LogP contribution in [0.5, 0.6) is 0 Å². The second kappa shape index (κ2) is 5.22. The van der Waals surface area contributed by atoms with Gasteiger partial charge in [-0.15, -0.1) is 4.98 Å². The van der Waals surface area contributed by atoms with E-state index in [0.717, 1.165) is 0 Å². The molecule has 0 saturated heterocycles. The lowest BCUT2D eigenvalue weighted by Gasteiger charge is -2.06. The second-order valence-electron chi connectivity index (χ2n) is 4.82. The van der Waals surface area contributed by atoms with Crippen LogP contribution in [0.15, 0.2) is 0 Å². The molecule has 0 aliphatic carbocycles. The van der Waals surface area contributed by atoms with E-state index in [1.807, 2.05) is 0 Å². The number of aromatic nitrogens is 6. The molecule has 8 nitrogen and oxygen atoms in total. The fourth-order valence-corrected chi connectivity index (χ4v) is 2.36. The van der Waals surface area contributed by atoms with Crippen molar-refractivity contribution in [3.05, 3.63) is 40.9 Å². The third-order valence-electron chi connectivity index (χ3n) is 3.39. The van der Waals surface area contributed by atoms with Gasteiger partial charge in [-0.3, -0.25) is 0 Å². The lowest BCUT2D eigenvalue weighted by molar-refractivity contribution is 0.457. The van der Waals surface area contributed by atoms with Gasteiger partial charge in [-0.2, -0.15) is 22.8 Å². The molecule has 0 aliphatic heterocycles. The van der Waals surface area contributed by atoms with Gasteiger partial charge in [-0.05, 0) is 0 Å². The fourth-order valence-electron chi connectivity index (χ4n) is 2.36. The van der Waals surface area contributed by atoms with Gasteiger partial charge in [0, 0.05) is 0 Å². The summed E-state index contributed by atoms with van der Waals surface area (Å²) >= 11 is 0. The SMILES string of the molecule is [C-]#[N+]c1nc2c3nc(F)c(F)nc3c3nc(F)c(F)nc3c2nc1C#N. The van der Waals surface area contributed by atoms with Crippen molar-refractivity contribution in [2.24, 2.45) is 0 Å². The molecule has 124 valence electrons. The van der Waals surface area contributed by atoms with Crippen LogP contribution in [0.25, 0.3) is 37.9 Å². The first-order valence-corrected chi connectivity index (χ1v) is 6.61. The summed E-state index contributed by atoms with van der Waals surface area (Å²) in [6.07, 6.45) is 0. The highest BCUT2D eigenvalue weighted by Gasteiger charge is 2.24. The van der Waals surface area contributed by atoms with Gasteiger partial charge in [-0.25, -0.2) is 24.9 Å². The molecule has 0 aliphatic rings. The van der Waals surface area contributed by atoms with E-state index in [0.29, 0.717) is 0 Å². The van der Waals surface area contributed by atoms with Crippen molar-refractivity contribution in [2.75, 3.05) is 0 Å². The Hall–Kier alpha value is -4.06. The maximum atomic E-state index is 13.6. The Labute approximate surface area is 139 Å². The molecule has 12 heteroatoms. The molecule has 0 unspecified atom stereocenters. The van der Waals surface area contributed by atoms with Crippen LogP contribution in [0, 0.1) is 41.7 Å². The van der Waals surface area contributed by atoms with E-state index in [4.69, 9.17) is 11.8 Å². The Balaban J connectivity index is 2.40. The molecular formula is C14F4N8. The van der Waals surface area contributed by atoms with E-state index in [9.17, 15) is 17.6 Å². The van der Waals surface area contributed by atoms with Crippen LogP contribution in [0.4, 0.5) is 23.4 Å². The van der Waals surface area contributed by atoms with Crippen molar-refractivity contribution in [1.82, 2.24) is 29.9 Å². The zero-order valence-electron chi connectivity index (χ0n) is 12.1. The number of hydrogen-bond acceptors (Lipinski definition) is 7. The number of hydrogen-bond donors (Lipinski definition) is 0. The van der Waals surface area contributed by atoms with Crippen molar-refractivity contribution >= 4 is 38.9 Å². The van der Waals surface area contributed by atoms with Gasteiger partial charge < -0.3 is 4.85 Å². The standard InChI is InChI=1S/C14F4N8/c1-20-14-3(2-19)21-4-5-6(23-11(16)10(15)22-5)7-8(9(4)26-14)25-13(18)12(17)24-7. The highest BCUT2D eigenvalue weighted by Crippen LogP contribution is 2.31. The fraction of sp³-hybridized carbons (Fsp3) is 0. The molecule has 4 aromatic rings. The molecule has 26 heavy (non-hydrogen) atoms. The van der Waals surface area contributed by atoms with Crippen LogP contribution < -0.4 is 0 Å². The van der Waals surface area contributed by atoms with E-state index < -0.39 is 57.4 Å². The summed E-state index contributed by atoms with van der Waals surface area (Å²) < 4.78 is 54.2. The van der Waals surface area contributed by atoms with Crippen LogP contribution in [0.1, 0.15) is 5.69 Å². The maximum Gasteiger partial charge on any atom is 0.307 e. The van der Waals surface area contributed by atoms with Gasteiger partial charge in [0.05, 0.1) is 0 Å². The largest absolute Gasteiger partial charge is 0.358 e. The molecule has 0 atom stereocenters. The number of nitriles is 1. The number of nitrogens with zero attached hydrogens (tertiary/aromatic N) is 8. The summed E-state index contributed by atoms with van der Waals surface area (Å²) in [6.45, 7) is 7.04. The summed E-state index contributed by atoms with van der Waals surface area (Å²) in [7, 11) is 0. The van der Waals surface area contributed by atoms with Gasteiger partial charge in [0.2, 0.25) is 5.52 Å². The molecule has 4 rings (SSSR count). The monoisotopic (exact) mass is 356 g/mol. The smallest absolute Gasteiger partial charge is 0.307 e. The van der Waals surface area contributed by atoms with E-state index in [1.54, 1.807) is 6.07 Å². The zero-order valence-corrected chi connectivity index (χ0v) is 12.1. The predicted molar refractivity (Wildman–Crippen MR) is 76.5 cm³/mol. The van der Waals surface area contributed by atoms with Gasteiger partial charge in [0.25, 0.3) is 23.8 Å². The number of fused-ring (bicyclic) bond motifs is 6. The summed E-state index contributed by atoms with van der Waals surface area (Å²) in [5.74, 6) is -6.80. The van der Waals surface area contributed by atoms with E-state index in [1.165, 1.54) is 0 Å². The number of benzene rings is 1. The summed E-state index contributed by atoms with van der Waals surface area (Å²) in [5.41, 5.74) is -2.69. The predicted octanol–water partition coefficient (Wildman–Crippen LogP) is 2.50. The number of rotatable bonds is 0. The molecule has 0 amide bonds. The lowest BCUT2D eigenvalue weighted by Crippen LogP contribution is -2.04. The minimum Gasteiger partial charge on any atom is -0.358 e. The Kier molecular flexibility index (Phi) is 3.10. The molecular weight excluding hydrogens is 356 g/mol. The first-order valence-electron chi connectivity index (χ1n) is 6.61. The van der Waals surface area contributed by atoms with Gasteiger partial charge in [0.15, 0.2) is 5.69 Å². The van der Waals surface area contributed by atoms with Gasteiger partial charge >= 0.3 is 5.82 Å². The van der Waals surface area contributed by atoms with E-state index in [-0.39, 0.29) is 11.0 Å². The highest BCUT2D eigenvalue weighted by atomic mass is 19.2. The minimum absolute atomic E-state index is 0.288. The molecule has 0 saturated carbocycles. The molecule has 0 spiro atoms. The van der Waals surface area contributed by atoms with Crippen LogP contribution >= 0.6 is 0 Å². The molecule has 0 fully saturated rings. The zero-order chi connectivity index (χ0) is 18.6. The van der Waals surface area contributed by atoms with Crippen LogP contribution in [0.3, 0.4) is 0 Å². The molecule has 3 aromatic heterocycles. The lowest BCUT2D eigenvalue weighted by atomic mass is 10.2. The van der Waals surface area contributed by atoms with Crippen molar-refractivity contribution in [2.45, 2.75) is 0 Å². The van der Waals surface area contributed by atoms with Crippen molar-refractivity contribution in [1.29, 1.82) is 5.26 Å². The van der Waals surface area contributed by atoms with Crippen LogP contribution in [0.2, 0.25) is 0 Å². The third kappa shape index (κ3) is 1.99. The normalized spacial score (nSPS) is 11.0. The quantitative estimate of drug-likeness (QED) is 0.271. The molecule has 3 heterocycles. The molecule has 1 aromatic carbocycles. The Morgan fingerprint density at radius 1 is 0.654 bits per heavy atom. The first kappa shape index (κ1) is 15.5. The van der Waals surface area contributed by atoms with E-state index >= 15 is 0 Å². The third-order valence-corrected chi connectivity index (χ3v) is 3.39. The van der Waals surface area contributed by atoms with Crippen molar-refractivity contribution in [3.8, 4) is 6.07 Å². The summed E-state index contributed by atoms with van der Waals surface area (Å²) in [5, 5.41) is 9.07. The summed E-state index contributed by atoms with van der Waals surface area (Å²) in [4.78, 5) is 24.1. The van der Waals surface area contributed by atoms with Crippen molar-refractivity contribution < 1.29 is 17.6 Å². The summed E-state index contributed by atoms with van der Waals surface area (Å²) in [6, 6.07) is 1.62. The second-order valence-corrected chi connectivity index (χ2v) is 4.82. The molecule has 0 N–H and O–H groups in total. The maximum absolute atomic E-state index is 13.6. The molecule has 0 bridgehead atoms. The minimum atomic E-state index is -1.60. The Morgan fingerprint density at radius 2 is 1.00 bits per heavy atom. The topological polar surface area (TPSA) is 105 Å². The average molecular weight is 356 g/mol. The highest BCUT2D eigenvalue weighted by molar-refractivity contribution is 6.18. The Bertz CT molecular complexity index is 1250. The van der Waals surface area contributed by atoms with Gasteiger partial charge in [-0.1, -0.05) is 6.57 Å². The van der Waals surface area contributed by atoms with Crippen LogP contribution in [-0.4, -0.2) is 29.9 Å². The van der Waals surface area contributed by atoms with E-state index in [2.05, 4.69) is 34.7 Å². The first-order chi connectivity index (χ1) is 12.4.